The first-order chi connectivity index (χ1) is 11.9. The van der Waals surface area contributed by atoms with E-state index in [1.807, 2.05) is 17.9 Å². The van der Waals surface area contributed by atoms with E-state index in [9.17, 15) is 9.90 Å². The molecule has 1 N–H and O–H groups in total. The molecule has 0 aliphatic carbocycles. The average Bonchev–Trinajstić information content (AvgIpc) is 3.11. The minimum absolute atomic E-state index is 0.0145. The van der Waals surface area contributed by atoms with E-state index in [4.69, 9.17) is 0 Å². The summed E-state index contributed by atoms with van der Waals surface area (Å²) in [6.07, 6.45) is 3.39. The Kier molecular flexibility index (Phi) is 7.02. The lowest BCUT2D eigenvalue weighted by atomic mass is 9.88. The zero-order valence-electron chi connectivity index (χ0n) is 16.4. The SMILES string of the molecule is CCCCN(C)C[C@@H]1[C@H](CC)CN(C(=O)c2cc(C)nn2C)[C@@H]1CO. The number of hydrogen-bond donors (Lipinski definition) is 1. The number of nitrogens with zero attached hydrogens (tertiary/aromatic N) is 4. The van der Waals surface area contributed by atoms with Crippen LogP contribution in [-0.2, 0) is 7.05 Å². The lowest BCUT2D eigenvalue weighted by Gasteiger charge is -2.30. The molecule has 142 valence electrons. The fourth-order valence-electron chi connectivity index (χ4n) is 4.08. The van der Waals surface area contributed by atoms with E-state index in [1.54, 1.807) is 11.7 Å². The van der Waals surface area contributed by atoms with Gasteiger partial charge in [0.2, 0.25) is 0 Å². The highest BCUT2D eigenvalue weighted by Crippen LogP contribution is 2.33. The van der Waals surface area contributed by atoms with Gasteiger partial charge in [-0.05, 0) is 44.8 Å². The van der Waals surface area contributed by atoms with E-state index >= 15 is 0 Å². The van der Waals surface area contributed by atoms with E-state index in [1.165, 1.54) is 12.8 Å². The Morgan fingerprint density at radius 1 is 1.44 bits per heavy atom. The van der Waals surface area contributed by atoms with Gasteiger partial charge in [0.25, 0.3) is 5.91 Å². The summed E-state index contributed by atoms with van der Waals surface area (Å²) in [6.45, 7) is 9.01. The maximum atomic E-state index is 13.1. The zero-order chi connectivity index (χ0) is 18.6. The Morgan fingerprint density at radius 2 is 2.16 bits per heavy atom. The molecule has 1 saturated heterocycles. The van der Waals surface area contributed by atoms with Gasteiger partial charge >= 0.3 is 0 Å². The van der Waals surface area contributed by atoms with Gasteiger partial charge in [-0.25, -0.2) is 0 Å². The highest BCUT2D eigenvalue weighted by atomic mass is 16.3. The second-order valence-corrected chi connectivity index (χ2v) is 7.45. The molecule has 1 aromatic heterocycles. The van der Waals surface area contributed by atoms with Crippen LogP contribution in [0.4, 0.5) is 0 Å². The molecule has 0 unspecified atom stereocenters. The summed E-state index contributed by atoms with van der Waals surface area (Å²) in [4.78, 5) is 17.3. The normalized spacial score (nSPS) is 23.6. The summed E-state index contributed by atoms with van der Waals surface area (Å²) >= 11 is 0. The van der Waals surface area contributed by atoms with Crippen molar-refractivity contribution in [3.05, 3.63) is 17.5 Å². The molecule has 1 aromatic rings. The maximum Gasteiger partial charge on any atom is 0.272 e. The number of carbonyl (C=O) groups excluding carboxylic acids is 1. The Bertz CT molecular complexity index is 572. The Labute approximate surface area is 151 Å². The molecule has 1 aliphatic heterocycles. The second kappa shape index (κ2) is 8.81. The van der Waals surface area contributed by atoms with Crippen LogP contribution in [0.1, 0.15) is 49.3 Å². The molecule has 1 amide bonds. The highest BCUT2D eigenvalue weighted by molar-refractivity contribution is 5.93. The van der Waals surface area contributed by atoms with Gasteiger partial charge in [-0.3, -0.25) is 9.48 Å². The standard InChI is InChI=1S/C19H34N4O2/c1-6-8-9-21(4)12-16-15(7-2)11-23(18(16)13-24)19(25)17-10-14(3)20-22(17)5/h10,15-16,18,24H,6-9,11-13H2,1-5H3/t15-,16-,18-/m1/s1. The predicted molar refractivity (Wildman–Crippen MR) is 99.5 cm³/mol. The Morgan fingerprint density at radius 3 is 2.68 bits per heavy atom. The lowest BCUT2D eigenvalue weighted by Crippen LogP contribution is -2.43. The summed E-state index contributed by atoms with van der Waals surface area (Å²) in [5, 5.41) is 14.3. The van der Waals surface area contributed by atoms with Crippen LogP contribution in [0.25, 0.3) is 0 Å². The van der Waals surface area contributed by atoms with Crippen molar-refractivity contribution in [2.75, 3.05) is 33.3 Å². The summed E-state index contributed by atoms with van der Waals surface area (Å²) in [5.74, 6) is 0.731. The van der Waals surface area contributed by atoms with E-state index in [0.717, 1.165) is 31.7 Å². The molecule has 0 radical (unpaired) electrons. The molecule has 0 saturated carbocycles. The quantitative estimate of drug-likeness (QED) is 0.778. The molecule has 1 fully saturated rings. The summed E-state index contributed by atoms with van der Waals surface area (Å²) in [7, 11) is 3.95. The summed E-state index contributed by atoms with van der Waals surface area (Å²) < 4.78 is 1.65. The summed E-state index contributed by atoms with van der Waals surface area (Å²) in [6, 6.07) is 1.72. The largest absolute Gasteiger partial charge is 0.394 e. The molecule has 3 atom stereocenters. The minimum atomic E-state index is -0.114. The molecular weight excluding hydrogens is 316 g/mol. The monoisotopic (exact) mass is 350 g/mol. The van der Waals surface area contributed by atoms with Crippen LogP contribution in [0.3, 0.4) is 0 Å². The summed E-state index contributed by atoms with van der Waals surface area (Å²) in [5.41, 5.74) is 1.44. The van der Waals surface area contributed by atoms with E-state index < -0.39 is 0 Å². The fraction of sp³-hybridized carbons (Fsp3) is 0.789. The predicted octanol–water partition coefficient (Wildman–Crippen LogP) is 1.92. The second-order valence-electron chi connectivity index (χ2n) is 7.45. The van der Waals surface area contributed by atoms with Crippen molar-refractivity contribution in [3.63, 3.8) is 0 Å². The first kappa shape index (κ1) is 19.9. The Hall–Kier alpha value is -1.40. The van der Waals surface area contributed by atoms with Gasteiger partial charge in [0.1, 0.15) is 5.69 Å². The number of aromatic nitrogens is 2. The highest BCUT2D eigenvalue weighted by Gasteiger charge is 2.43. The Balaban J connectivity index is 2.17. The first-order valence-electron chi connectivity index (χ1n) is 9.53. The third-order valence-corrected chi connectivity index (χ3v) is 5.54. The molecule has 25 heavy (non-hydrogen) atoms. The van der Waals surface area contributed by atoms with Gasteiger partial charge in [-0.15, -0.1) is 0 Å². The third-order valence-electron chi connectivity index (χ3n) is 5.54. The van der Waals surface area contributed by atoms with Gasteiger partial charge in [0.05, 0.1) is 18.3 Å². The van der Waals surface area contributed by atoms with Crippen LogP contribution < -0.4 is 0 Å². The average molecular weight is 351 g/mol. The van der Waals surface area contributed by atoms with Crippen molar-refractivity contribution in [2.24, 2.45) is 18.9 Å². The van der Waals surface area contributed by atoms with E-state index in [-0.39, 0.29) is 18.6 Å². The molecule has 6 heteroatoms. The maximum absolute atomic E-state index is 13.1. The van der Waals surface area contributed by atoms with Crippen LogP contribution in [-0.4, -0.2) is 69.9 Å². The number of hydrogen-bond acceptors (Lipinski definition) is 4. The van der Waals surface area contributed by atoms with Crippen LogP contribution in [0.15, 0.2) is 6.07 Å². The molecule has 2 rings (SSSR count). The van der Waals surface area contributed by atoms with Crippen LogP contribution >= 0.6 is 0 Å². The van der Waals surface area contributed by atoms with E-state index in [2.05, 4.69) is 30.9 Å². The molecule has 2 heterocycles. The number of likely N-dealkylation sites (tertiary alicyclic amines) is 1. The van der Waals surface area contributed by atoms with Crippen molar-refractivity contribution in [1.29, 1.82) is 0 Å². The number of amides is 1. The van der Waals surface area contributed by atoms with Crippen molar-refractivity contribution in [3.8, 4) is 0 Å². The van der Waals surface area contributed by atoms with Crippen LogP contribution in [0.5, 0.6) is 0 Å². The van der Waals surface area contributed by atoms with Gasteiger partial charge in [0, 0.05) is 20.1 Å². The van der Waals surface area contributed by atoms with Crippen molar-refractivity contribution in [2.45, 2.75) is 46.1 Å². The lowest BCUT2D eigenvalue weighted by molar-refractivity contribution is 0.0612. The van der Waals surface area contributed by atoms with Crippen LogP contribution in [0.2, 0.25) is 0 Å². The third kappa shape index (κ3) is 4.42. The number of rotatable bonds is 8. The molecule has 0 aromatic carbocycles. The molecule has 6 nitrogen and oxygen atoms in total. The fourth-order valence-corrected chi connectivity index (χ4v) is 4.08. The van der Waals surface area contributed by atoms with Crippen molar-refractivity contribution in [1.82, 2.24) is 19.6 Å². The molecular formula is C19H34N4O2. The zero-order valence-corrected chi connectivity index (χ0v) is 16.4. The van der Waals surface area contributed by atoms with Gasteiger partial charge < -0.3 is 14.9 Å². The van der Waals surface area contributed by atoms with Gasteiger partial charge in [-0.2, -0.15) is 5.10 Å². The van der Waals surface area contributed by atoms with Crippen molar-refractivity contribution < 1.29 is 9.90 Å². The van der Waals surface area contributed by atoms with Gasteiger partial charge in [-0.1, -0.05) is 26.7 Å². The topological polar surface area (TPSA) is 61.6 Å². The number of aryl methyl sites for hydroxylation is 2. The van der Waals surface area contributed by atoms with Crippen LogP contribution in [0, 0.1) is 18.8 Å². The molecule has 0 bridgehead atoms. The van der Waals surface area contributed by atoms with E-state index in [0.29, 0.717) is 17.5 Å². The number of carbonyl (C=O) groups is 1. The van der Waals surface area contributed by atoms with Gasteiger partial charge in [0.15, 0.2) is 0 Å². The van der Waals surface area contributed by atoms with Crippen molar-refractivity contribution >= 4 is 5.91 Å². The number of aliphatic hydroxyl groups excluding tert-OH is 1. The number of aliphatic hydroxyl groups is 1. The molecule has 1 aliphatic rings. The number of unbranched alkanes of at least 4 members (excludes halogenated alkanes) is 1. The molecule has 0 spiro atoms. The minimum Gasteiger partial charge on any atom is -0.394 e. The smallest absolute Gasteiger partial charge is 0.272 e. The first-order valence-corrected chi connectivity index (χ1v) is 9.53.